The maximum Gasteiger partial charge on any atom is 0.160 e. The van der Waals surface area contributed by atoms with E-state index >= 15 is 0 Å². The number of pyridine rings is 2. The van der Waals surface area contributed by atoms with Crippen LogP contribution in [0.4, 0.5) is 0 Å². The summed E-state index contributed by atoms with van der Waals surface area (Å²) in [4.78, 5) is 16.6. The molecule has 0 spiro atoms. The van der Waals surface area contributed by atoms with E-state index in [0.717, 1.165) is 28.7 Å². The van der Waals surface area contributed by atoms with E-state index in [-0.39, 0.29) is 12.1 Å². The van der Waals surface area contributed by atoms with Gasteiger partial charge in [-0.1, -0.05) is 24.8 Å². The number of amidine groups is 1. The molecule has 1 fully saturated rings. The molecule has 5 rings (SSSR count). The highest BCUT2D eigenvalue weighted by Crippen LogP contribution is 2.48. The highest BCUT2D eigenvalue weighted by Gasteiger charge is 2.46. The smallest absolute Gasteiger partial charge is 0.160 e. The number of aliphatic imine (C=N–C) groups is 1. The van der Waals surface area contributed by atoms with Crippen LogP contribution < -0.4 is 0 Å². The molecule has 3 aromatic heterocycles. The summed E-state index contributed by atoms with van der Waals surface area (Å²) in [5.74, 6) is 1.11. The van der Waals surface area contributed by atoms with E-state index < -0.39 is 0 Å². The molecule has 6 heteroatoms. The van der Waals surface area contributed by atoms with Gasteiger partial charge in [0, 0.05) is 36.1 Å². The topological polar surface area (TPSA) is 46.3 Å². The van der Waals surface area contributed by atoms with E-state index in [4.69, 9.17) is 4.99 Å². The number of hydrogen-bond acceptors (Lipinski definition) is 5. The van der Waals surface area contributed by atoms with Crippen molar-refractivity contribution in [2.45, 2.75) is 31.5 Å². The fraction of sp³-hybridized carbons (Fsp3) is 0.286. The summed E-state index contributed by atoms with van der Waals surface area (Å²) >= 11 is 1.87. The second-order valence-corrected chi connectivity index (χ2v) is 7.84. The first-order valence-electron chi connectivity index (χ1n) is 9.34. The van der Waals surface area contributed by atoms with Crippen molar-refractivity contribution in [2.24, 2.45) is 4.99 Å². The molecule has 0 N–H and O–H groups in total. The van der Waals surface area contributed by atoms with Crippen molar-refractivity contribution in [2.75, 3.05) is 5.75 Å². The van der Waals surface area contributed by atoms with Crippen molar-refractivity contribution in [1.29, 1.82) is 0 Å². The van der Waals surface area contributed by atoms with Crippen LogP contribution in [-0.4, -0.2) is 36.4 Å². The lowest BCUT2D eigenvalue weighted by Crippen LogP contribution is -2.36. The van der Waals surface area contributed by atoms with Crippen LogP contribution in [0.25, 0.3) is 5.69 Å². The van der Waals surface area contributed by atoms with Gasteiger partial charge in [0.15, 0.2) is 5.17 Å². The van der Waals surface area contributed by atoms with Crippen molar-refractivity contribution in [1.82, 2.24) is 19.4 Å². The second kappa shape index (κ2) is 6.85. The number of hydrogen-bond donors (Lipinski definition) is 0. The van der Waals surface area contributed by atoms with Gasteiger partial charge in [-0.3, -0.25) is 15.0 Å². The molecule has 2 aliphatic heterocycles. The molecule has 2 aliphatic rings. The van der Waals surface area contributed by atoms with Gasteiger partial charge in [0.1, 0.15) is 12.1 Å². The summed E-state index contributed by atoms with van der Waals surface area (Å²) in [6, 6.07) is 15.2. The fourth-order valence-electron chi connectivity index (χ4n) is 4.04. The van der Waals surface area contributed by atoms with E-state index in [0.29, 0.717) is 6.04 Å². The van der Waals surface area contributed by atoms with Crippen LogP contribution >= 0.6 is 11.8 Å². The summed E-state index contributed by atoms with van der Waals surface area (Å²) in [5, 5.41) is 1.15. The minimum absolute atomic E-state index is 0.00775. The summed E-state index contributed by atoms with van der Waals surface area (Å²) in [6.45, 7) is 2.26. The first-order valence-corrected chi connectivity index (χ1v) is 10.3. The number of thioether (sulfide) groups is 1. The molecule has 0 aliphatic carbocycles. The quantitative estimate of drug-likeness (QED) is 0.684. The first kappa shape index (κ1) is 16.6. The maximum atomic E-state index is 5.10. The van der Waals surface area contributed by atoms with E-state index in [2.05, 4.69) is 56.8 Å². The van der Waals surface area contributed by atoms with Crippen LogP contribution in [0.3, 0.4) is 0 Å². The van der Waals surface area contributed by atoms with Crippen molar-refractivity contribution in [3.05, 3.63) is 78.6 Å². The SMILES string of the molecule is CC[C@H]1CSC2=N[C@H](c3ccccn3)[C@@H](c3cccn3-c3cccnc3)N21. The molecule has 5 heterocycles. The van der Waals surface area contributed by atoms with Crippen molar-refractivity contribution < 1.29 is 0 Å². The molecule has 5 nitrogen and oxygen atoms in total. The Morgan fingerprint density at radius 3 is 2.85 bits per heavy atom. The van der Waals surface area contributed by atoms with E-state index in [9.17, 15) is 0 Å². The molecule has 136 valence electrons. The summed E-state index contributed by atoms with van der Waals surface area (Å²) in [6.07, 6.45) is 8.81. The van der Waals surface area contributed by atoms with Gasteiger partial charge in [-0.05, 0) is 42.8 Å². The molecule has 0 aromatic carbocycles. The zero-order chi connectivity index (χ0) is 18.2. The van der Waals surface area contributed by atoms with Gasteiger partial charge in [0.25, 0.3) is 0 Å². The van der Waals surface area contributed by atoms with Crippen LogP contribution in [0.15, 0.2) is 72.2 Å². The molecule has 0 saturated carbocycles. The summed E-state index contributed by atoms with van der Waals surface area (Å²) < 4.78 is 2.24. The van der Waals surface area contributed by atoms with Crippen LogP contribution in [0.5, 0.6) is 0 Å². The normalized spacial score (nSPS) is 24.1. The second-order valence-electron chi connectivity index (χ2n) is 6.85. The molecule has 3 aromatic rings. The highest BCUT2D eigenvalue weighted by atomic mass is 32.2. The monoisotopic (exact) mass is 375 g/mol. The molecule has 0 unspecified atom stereocenters. The molecule has 0 amide bonds. The van der Waals surface area contributed by atoms with Crippen LogP contribution in [0, 0.1) is 0 Å². The van der Waals surface area contributed by atoms with Gasteiger partial charge >= 0.3 is 0 Å². The third kappa shape index (κ3) is 2.75. The molecule has 3 atom stereocenters. The number of rotatable bonds is 4. The average Bonchev–Trinajstić information content (AvgIpc) is 3.44. The lowest BCUT2D eigenvalue weighted by molar-refractivity contribution is 0.249. The van der Waals surface area contributed by atoms with Crippen molar-refractivity contribution in [3.63, 3.8) is 0 Å². The Morgan fingerprint density at radius 1 is 1.11 bits per heavy atom. The Hall–Kier alpha value is -2.60. The summed E-state index contributed by atoms with van der Waals surface area (Å²) in [5.41, 5.74) is 3.34. The van der Waals surface area contributed by atoms with Crippen LogP contribution in [-0.2, 0) is 0 Å². The zero-order valence-corrected chi connectivity index (χ0v) is 16.0. The summed E-state index contributed by atoms with van der Waals surface area (Å²) in [7, 11) is 0. The minimum Gasteiger partial charge on any atom is -0.337 e. The Labute approximate surface area is 163 Å². The Morgan fingerprint density at radius 2 is 2.07 bits per heavy atom. The zero-order valence-electron chi connectivity index (χ0n) is 15.1. The highest BCUT2D eigenvalue weighted by molar-refractivity contribution is 8.14. The van der Waals surface area contributed by atoms with Crippen LogP contribution in [0.2, 0.25) is 0 Å². The Kier molecular flexibility index (Phi) is 4.20. The predicted octanol–water partition coefficient (Wildman–Crippen LogP) is 4.25. The van der Waals surface area contributed by atoms with Crippen molar-refractivity contribution in [3.8, 4) is 5.69 Å². The fourth-order valence-corrected chi connectivity index (χ4v) is 5.38. The Balaban J connectivity index is 1.63. The first-order chi connectivity index (χ1) is 13.4. The molecule has 0 radical (unpaired) electrons. The van der Waals surface area contributed by atoms with Gasteiger partial charge in [-0.15, -0.1) is 0 Å². The van der Waals surface area contributed by atoms with Crippen molar-refractivity contribution >= 4 is 16.9 Å². The van der Waals surface area contributed by atoms with E-state index in [1.165, 1.54) is 5.69 Å². The lowest BCUT2D eigenvalue weighted by atomic mass is 9.99. The standard InChI is InChI=1S/C21H21N5S/c1-2-15-14-27-21-24-19(17-8-3-4-11-23-17)20(26(15)21)18-9-6-12-25(18)16-7-5-10-22-13-16/h3-13,15,19-20H,2,14H2,1H3/t15-,19+,20+/m0/s1. The number of aromatic nitrogens is 3. The molecule has 1 saturated heterocycles. The maximum absolute atomic E-state index is 5.10. The van der Waals surface area contributed by atoms with E-state index in [1.807, 2.05) is 48.6 Å². The van der Waals surface area contributed by atoms with Crippen LogP contribution in [0.1, 0.15) is 36.8 Å². The van der Waals surface area contributed by atoms with E-state index in [1.54, 1.807) is 0 Å². The molecular formula is C21H21N5S. The predicted molar refractivity (Wildman–Crippen MR) is 109 cm³/mol. The molecule has 0 bridgehead atoms. The third-order valence-corrected chi connectivity index (χ3v) is 6.46. The van der Waals surface area contributed by atoms with Gasteiger partial charge < -0.3 is 9.47 Å². The minimum atomic E-state index is 0.00775. The average molecular weight is 376 g/mol. The van der Waals surface area contributed by atoms with Gasteiger partial charge in [-0.2, -0.15) is 0 Å². The molecular weight excluding hydrogens is 354 g/mol. The number of fused-ring (bicyclic) bond motifs is 1. The number of nitrogens with zero attached hydrogens (tertiary/aromatic N) is 5. The largest absolute Gasteiger partial charge is 0.337 e. The van der Waals surface area contributed by atoms with Gasteiger partial charge in [0.05, 0.1) is 17.6 Å². The van der Waals surface area contributed by atoms with Gasteiger partial charge in [-0.25, -0.2) is 0 Å². The van der Waals surface area contributed by atoms with Gasteiger partial charge in [0.2, 0.25) is 0 Å². The Bertz CT molecular complexity index is 953. The molecule has 27 heavy (non-hydrogen) atoms. The third-order valence-electron chi connectivity index (χ3n) is 5.34. The lowest BCUT2D eigenvalue weighted by Gasteiger charge is -2.32.